The Hall–Kier alpha value is -3.82. The highest BCUT2D eigenvalue weighted by atomic mass is 15.3. The van der Waals surface area contributed by atoms with Crippen LogP contribution in [0.4, 0.5) is 17.1 Å². The van der Waals surface area contributed by atoms with Crippen LogP contribution in [0.25, 0.3) is 22.3 Å². The van der Waals surface area contributed by atoms with Crippen molar-refractivity contribution >= 4 is 17.1 Å². The van der Waals surface area contributed by atoms with E-state index in [4.69, 9.17) is 0 Å². The second-order valence-corrected chi connectivity index (χ2v) is 10.8. The number of nitrogens with zero attached hydrogens (tertiary/aromatic N) is 1. The highest BCUT2D eigenvalue weighted by Crippen LogP contribution is 2.54. The van der Waals surface area contributed by atoms with Gasteiger partial charge in [0.05, 0.1) is 17.1 Å². The molecule has 0 fully saturated rings. The van der Waals surface area contributed by atoms with Crippen molar-refractivity contribution in [3.05, 3.63) is 114 Å². The van der Waals surface area contributed by atoms with Gasteiger partial charge in [0.25, 0.3) is 0 Å². The Balaban J connectivity index is 1.18. The zero-order valence-corrected chi connectivity index (χ0v) is 21.0. The van der Waals surface area contributed by atoms with Crippen LogP contribution in [0.5, 0.6) is 0 Å². The first-order valence-corrected chi connectivity index (χ1v) is 13.7. The quantitative estimate of drug-likeness (QED) is 0.392. The Morgan fingerprint density at radius 1 is 0.784 bits per heavy atom. The molecule has 2 N–H and O–H groups in total. The van der Waals surface area contributed by atoms with E-state index in [0.717, 1.165) is 13.0 Å². The molecule has 0 amide bonds. The minimum Gasteiger partial charge on any atom is -0.359 e. The lowest BCUT2D eigenvalue weighted by atomic mass is 9.78. The second-order valence-electron chi connectivity index (χ2n) is 10.8. The molecule has 3 heteroatoms. The van der Waals surface area contributed by atoms with Crippen LogP contribution in [-0.4, -0.2) is 18.8 Å². The number of rotatable bonds is 2. The fourth-order valence-electron chi connectivity index (χ4n) is 7.16. The van der Waals surface area contributed by atoms with Crippen LogP contribution in [-0.2, 0) is 0 Å². The van der Waals surface area contributed by atoms with Gasteiger partial charge in [-0.05, 0) is 78.1 Å². The van der Waals surface area contributed by atoms with Crippen LogP contribution in [0.3, 0.4) is 0 Å². The fraction of sp³-hybridized carbons (Fsp3) is 0.235. The van der Waals surface area contributed by atoms with Gasteiger partial charge < -0.3 is 15.5 Å². The Kier molecular flexibility index (Phi) is 4.81. The number of anilines is 3. The Labute approximate surface area is 218 Å². The third kappa shape index (κ3) is 3.24. The summed E-state index contributed by atoms with van der Waals surface area (Å²) in [7, 11) is 0. The molecule has 3 unspecified atom stereocenters. The average molecular weight is 482 g/mol. The molecule has 37 heavy (non-hydrogen) atoms. The van der Waals surface area contributed by atoms with Crippen LogP contribution in [0.15, 0.2) is 114 Å². The van der Waals surface area contributed by atoms with Gasteiger partial charge >= 0.3 is 0 Å². The molecule has 3 aromatic carbocycles. The van der Waals surface area contributed by atoms with Crippen LogP contribution in [0.2, 0.25) is 0 Å². The van der Waals surface area contributed by atoms with E-state index in [1.807, 2.05) is 0 Å². The van der Waals surface area contributed by atoms with Crippen molar-refractivity contribution in [1.29, 1.82) is 0 Å². The number of nitrogens with one attached hydrogen (secondary N) is 2. The molecule has 3 atom stereocenters. The summed E-state index contributed by atoms with van der Waals surface area (Å²) in [5, 5.41) is 7.75. The lowest BCUT2D eigenvalue weighted by molar-refractivity contribution is 0.423. The van der Waals surface area contributed by atoms with E-state index in [-0.39, 0.29) is 6.17 Å². The second kappa shape index (κ2) is 8.36. The lowest BCUT2D eigenvalue weighted by Crippen LogP contribution is -2.42. The first kappa shape index (κ1) is 21.3. The summed E-state index contributed by atoms with van der Waals surface area (Å²) in [5.41, 5.74) is 13.6. The standard InChI is InChI=1S/C34H31N3/c1-2-9-25-22(8-1)20-21-35-32(25)23-16-18-24(19-17-23)34-36-30-14-7-13-29-27-11-4-3-10-26(27)28-12-5-6-15-31(28)37(34)33(29)30/h1,3-8,10-16,18-19,23,32,34-36H,2,9,17,20-21H2. The van der Waals surface area contributed by atoms with E-state index in [0.29, 0.717) is 12.0 Å². The van der Waals surface area contributed by atoms with Gasteiger partial charge in [-0.25, -0.2) is 0 Å². The van der Waals surface area contributed by atoms with Gasteiger partial charge in [-0.15, -0.1) is 0 Å². The third-order valence-electron chi connectivity index (χ3n) is 8.85. The molecule has 0 spiro atoms. The monoisotopic (exact) mass is 481 g/mol. The predicted octanol–water partition coefficient (Wildman–Crippen LogP) is 7.73. The van der Waals surface area contributed by atoms with Crippen molar-refractivity contribution in [1.82, 2.24) is 5.32 Å². The largest absolute Gasteiger partial charge is 0.359 e. The molecule has 0 saturated carbocycles. The van der Waals surface area contributed by atoms with Gasteiger partial charge in [0.15, 0.2) is 0 Å². The number of hydrogen-bond donors (Lipinski definition) is 2. The van der Waals surface area contributed by atoms with Crippen molar-refractivity contribution in [3.8, 4) is 22.3 Å². The maximum absolute atomic E-state index is 3.90. The molecular weight excluding hydrogens is 450 g/mol. The van der Waals surface area contributed by atoms with Crippen molar-refractivity contribution in [3.63, 3.8) is 0 Å². The van der Waals surface area contributed by atoms with Crippen LogP contribution in [0.1, 0.15) is 25.7 Å². The van der Waals surface area contributed by atoms with Crippen molar-refractivity contribution in [2.75, 3.05) is 16.8 Å². The molecule has 3 aromatic rings. The number of fused-ring (bicyclic) bond motifs is 5. The number of benzene rings is 3. The Morgan fingerprint density at radius 3 is 2.46 bits per heavy atom. The third-order valence-corrected chi connectivity index (χ3v) is 8.85. The maximum atomic E-state index is 3.90. The van der Waals surface area contributed by atoms with Crippen molar-refractivity contribution in [2.24, 2.45) is 5.92 Å². The number of hydrogen-bond acceptors (Lipinski definition) is 3. The van der Waals surface area contributed by atoms with Crippen LogP contribution in [0, 0.1) is 5.92 Å². The molecule has 8 rings (SSSR count). The maximum Gasteiger partial charge on any atom is 0.130 e. The van der Waals surface area contributed by atoms with Crippen molar-refractivity contribution in [2.45, 2.75) is 37.9 Å². The molecule has 0 aromatic heterocycles. The predicted molar refractivity (Wildman–Crippen MR) is 154 cm³/mol. The summed E-state index contributed by atoms with van der Waals surface area (Å²) >= 11 is 0. The van der Waals surface area contributed by atoms with Crippen LogP contribution >= 0.6 is 0 Å². The average Bonchev–Trinajstić information content (AvgIpc) is 3.31. The molecule has 0 bridgehead atoms. The zero-order chi connectivity index (χ0) is 24.3. The summed E-state index contributed by atoms with van der Waals surface area (Å²) in [6.07, 6.45) is 16.8. The van der Waals surface area contributed by atoms with Crippen molar-refractivity contribution < 1.29 is 0 Å². The van der Waals surface area contributed by atoms with Gasteiger partial charge in [-0.1, -0.05) is 85.0 Å². The summed E-state index contributed by atoms with van der Waals surface area (Å²) < 4.78 is 0. The first-order valence-electron chi connectivity index (χ1n) is 13.7. The van der Waals surface area contributed by atoms with Gasteiger partial charge in [-0.3, -0.25) is 0 Å². The Bertz CT molecular complexity index is 1540. The van der Waals surface area contributed by atoms with E-state index in [9.17, 15) is 0 Å². The molecule has 3 nitrogen and oxygen atoms in total. The van der Waals surface area contributed by atoms with Gasteiger partial charge in [0.1, 0.15) is 6.17 Å². The smallest absolute Gasteiger partial charge is 0.130 e. The number of para-hydroxylation sites is 2. The number of allylic oxidation sites excluding steroid dienone is 3. The fourth-order valence-corrected chi connectivity index (χ4v) is 7.16. The molecule has 0 radical (unpaired) electrons. The van der Waals surface area contributed by atoms with E-state index < -0.39 is 0 Å². The molecule has 3 heterocycles. The first-order chi connectivity index (χ1) is 18.4. The Morgan fingerprint density at radius 2 is 1.59 bits per heavy atom. The van der Waals surface area contributed by atoms with Crippen LogP contribution < -0.4 is 15.5 Å². The minimum absolute atomic E-state index is 0.0792. The highest BCUT2D eigenvalue weighted by Gasteiger charge is 2.38. The van der Waals surface area contributed by atoms with Gasteiger partial charge in [-0.2, -0.15) is 0 Å². The van der Waals surface area contributed by atoms with E-state index >= 15 is 0 Å². The zero-order valence-electron chi connectivity index (χ0n) is 21.0. The van der Waals surface area contributed by atoms with E-state index in [1.54, 1.807) is 11.1 Å². The summed E-state index contributed by atoms with van der Waals surface area (Å²) in [5.74, 6) is 0.514. The highest BCUT2D eigenvalue weighted by molar-refractivity contribution is 6.05. The lowest BCUT2D eigenvalue weighted by Gasteiger charge is -2.36. The van der Waals surface area contributed by atoms with Gasteiger partial charge in [0, 0.05) is 17.2 Å². The SMILES string of the molecule is C1=CC2=C(CC1)C(C1C=CC(C3Nc4cccc5c4N3c3ccccc3-c3ccccc3-5)=CC1)NCC2. The molecular formula is C34H31N3. The molecule has 5 aliphatic rings. The van der Waals surface area contributed by atoms with Gasteiger partial charge in [0.2, 0.25) is 0 Å². The normalized spacial score (nSPS) is 24.9. The van der Waals surface area contributed by atoms with E-state index in [2.05, 4.69) is 113 Å². The molecule has 2 aliphatic carbocycles. The summed E-state index contributed by atoms with van der Waals surface area (Å²) in [6.45, 7) is 1.09. The van der Waals surface area contributed by atoms with E-state index in [1.165, 1.54) is 64.2 Å². The molecule has 0 saturated heterocycles. The topological polar surface area (TPSA) is 27.3 Å². The molecule has 182 valence electrons. The molecule has 3 aliphatic heterocycles. The minimum atomic E-state index is 0.0792. The summed E-state index contributed by atoms with van der Waals surface area (Å²) in [6, 6.07) is 24.9. The summed E-state index contributed by atoms with van der Waals surface area (Å²) in [4.78, 5) is 2.54.